The Morgan fingerprint density at radius 2 is 0.922 bits per heavy atom. The zero-order valence-corrected chi connectivity index (χ0v) is 34.4. The SMILES string of the molecule is O=C(C1=C/C(=N/Nc2ccc(/C=C/c3ccc(N/N=C4/C=C(C(=O)c5ccccc5)c5cccnc5C4=O)cc3S(=O)(=O)O)c(S(=O)(=O)O)c2)C(=O)c2ncccc21)c1ccccc1. The minimum Gasteiger partial charge on any atom is -0.289 e. The number of anilines is 2. The monoisotopic (exact) mass is 890 g/mol. The van der Waals surface area contributed by atoms with Gasteiger partial charge in [-0.25, -0.2) is 0 Å². The number of rotatable bonds is 12. The van der Waals surface area contributed by atoms with Crippen LogP contribution in [-0.2, 0) is 20.2 Å². The number of allylic oxidation sites excluding steroid dienone is 4. The first-order valence-electron chi connectivity index (χ1n) is 18.9. The van der Waals surface area contributed by atoms with Crippen LogP contribution in [-0.4, -0.2) is 70.5 Å². The molecule has 6 aromatic rings. The zero-order chi connectivity index (χ0) is 45.2. The van der Waals surface area contributed by atoms with E-state index in [0.29, 0.717) is 22.3 Å². The Labute approximate surface area is 364 Å². The van der Waals surface area contributed by atoms with E-state index in [9.17, 15) is 45.1 Å². The molecule has 0 aliphatic heterocycles. The number of hydrazone groups is 2. The van der Waals surface area contributed by atoms with Crippen molar-refractivity contribution in [1.82, 2.24) is 9.97 Å². The third kappa shape index (κ3) is 8.78. The van der Waals surface area contributed by atoms with Crippen molar-refractivity contribution in [3.05, 3.63) is 191 Å². The summed E-state index contributed by atoms with van der Waals surface area (Å²) in [7, 11) is -9.88. The second kappa shape index (κ2) is 17.3. The summed E-state index contributed by atoms with van der Waals surface area (Å²) in [5, 5.41) is 8.28. The molecule has 64 heavy (non-hydrogen) atoms. The number of aromatic nitrogens is 2. The van der Waals surface area contributed by atoms with Crippen molar-refractivity contribution < 1.29 is 45.1 Å². The molecule has 0 saturated carbocycles. The third-order valence-electron chi connectivity index (χ3n) is 9.85. The highest BCUT2D eigenvalue weighted by Crippen LogP contribution is 2.31. The van der Waals surface area contributed by atoms with E-state index in [-0.39, 0.29) is 68.0 Å². The normalized spacial score (nSPS) is 15.0. The van der Waals surface area contributed by atoms with Gasteiger partial charge in [0.1, 0.15) is 32.6 Å². The lowest BCUT2D eigenvalue weighted by atomic mass is 9.88. The molecular formula is C46H30N6O10S2. The van der Waals surface area contributed by atoms with Crippen molar-refractivity contribution in [2.24, 2.45) is 10.2 Å². The second-order valence-electron chi connectivity index (χ2n) is 14.0. The molecule has 4 aromatic carbocycles. The molecule has 0 saturated heterocycles. The molecule has 0 bridgehead atoms. The molecule has 2 heterocycles. The van der Waals surface area contributed by atoms with Crippen LogP contribution in [0.5, 0.6) is 0 Å². The van der Waals surface area contributed by atoms with Gasteiger partial charge in [-0.3, -0.25) is 49.1 Å². The van der Waals surface area contributed by atoms with Crippen LogP contribution in [0, 0.1) is 0 Å². The van der Waals surface area contributed by atoms with Gasteiger partial charge in [-0.2, -0.15) is 27.0 Å². The Kier molecular flexibility index (Phi) is 11.5. The van der Waals surface area contributed by atoms with Gasteiger partial charge in [0.2, 0.25) is 11.6 Å². The van der Waals surface area contributed by atoms with E-state index in [1.54, 1.807) is 84.9 Å². The van der Waals surface area contributed by atoms with Crippen molar-refractivity contribution in [2.45, 2.75) is 9.79 Å². The second-order valence-corrected chi connectivity index (χ2v) is 16.8. The van der Waals surface area contributed by atoms with Gasteiger partial charge in [-0.05, 0) is 59.7 Å². The van der Waals surface area contributed by atoms with Gasteiger partial charge in [0.15, 0.2) is 11.6 Å². The van der Waals surface area contributed by atoms with E-state index >= 15 is 0 Å². The van der Waals surface area contributed by atoms with Crippen molar-refractivity contribution in [3.8, 4) is 0 Å². The number of carbonyl (C=O) groups is 4. The minimum absolute atomic E-state index is 0.000912. The van der Waals surface area contributed by atoms with Crippen molar-refractivity contribution in [3.63, 3.8) is 0 Å². The molecule has 0 amide bonds. The van der Waals surface area contributed by atoms with Crippen molar-refractivity contribution in [2.75, 3.05) is 10.9 Å². The highest BCUT2D eigenvalue weighted by atomic mass is 32.2. The maximum atomic E-state index is 13.5. The van der Waals surface area contributed by atoms with E-state index in [1.165, 1.54) is 61.0 Å². The smallest absolute Gasteiger partial charge is 0.289 e. The first-order chi connectivity index (χ1) is 30.7. The number of nitrogens with zero attached hydrogens (tertiary/aromatic N) is 4. The Hall–Kier alpha value is -8.16. The highest BCUT2D eigenvalue weighted by molar-refractivity contribution is 7.86. The largest absolute Gasteiger partial charge is 0.295 e. The van der Waals surface area contributed by atoms with Gasteiger partial charge < -0.3 is 0 Å². The Morgan fingerprint density at radius 1 is 0.531 bits per heavy atom. The van der Waals surface area contributed by atoms with Crippen LogP contribution in [0.2, 0.25) is 0 Å². The van der Waals surface area contributed by atoms with Gasteiger partial charge in [0, 0.05) is 45.8 Å². The number of Topliss-reactive ketones (excluding diaryl/α,β-unsaturated/α-hetero) is 4. The summed E-state index contributed by atoms with van der Waals surface area (Å²) in [4.78, 5) is 60.7. The van der Waals surface area contributed by atoms with Gasteiger partial charge in [0.05, 0.1) is 11.4 Å². The lowest BCUT2D eigenvalue weighted by Crippen LogP contribution is -2.24. The summed E-state index contributed by atoms with van der Waals surface area (Å²) in [6.45, 7) is 0. The molecule has 8 rings (SSSR count). The van der Waals surface area contributed by atoms with E-state index < -0.39 is 41.6 Å². The van der Waals surface area contributed by atoms with E-state index in [2.05, 4.69) is 31.0 Å². The molecule has 2 aromatic heterocycles. The quantitative estimate of drug-likeness (QED) is 0.0418. The maximum absolute atomic E-state index is 13.5. The Morgan fingerprint density at radius 3 is 1.30 bits per heavy atom. The number of hydrogen-bond acceptors (Lipinski definition) is 14. The summed E-state index contributed by atoms with van der Waals surface area (Å²) < 4.78 is 70.8. The van der Waals surface area contributed by atoms with Gasteiger partial charge in [0.25, 0.3) is 20.2 Å². The molecule has 2 aliphatic rings. The molecule has 4 N–H and O–H groups in total. The molecule has 0 fully saturated rings. The lowest BCUT2D eigenvalue weighted by Gasteiger charge is -2.16. The molecular weight excluding hydrogens is 861 g/mol. The molecule has 0 radical (unpaired) electrons. The van der Waals surface area contributed by atoms with Gasteiger partial charge in [-0.1, -0.05) is 97.1 Å². The third-order valence-corrected chi connectivity index (χ3v) is 11.7. The summed E-state index contributed by atoms with van der Waals surface area (Å²) in [5.41, 5.74) is 6.15. The molecule has 316 valence electrons. The van der Waals surface area contributed by atoms with Crippen molar-refractivity contribution >= 4 is 89.5 Å². The van der Waals surface area contributed by atoms with E-state index in [4.69, 9.17) is 0 Å². The fourth-order valence-electron chi connectivity index (χ4n) is 6.80. The highest BCUT2D eigenvalue weighted by Gasteiger charge is 2.31. The van der Waals surface area contributed by atoms with Crippen LogP contribution in [0.3, 0.4) is 0 Å². The number of fused-ring (bicyclic) bond motifs is 2. The Balaban J connectivity index is 1.07. The van der Waals surface area contributed by atoms with E-state index in [1.807, 2.05) is 0 Å². The van der Waals surface area contributed by atoms with Crippen LogP contribution in [0.25, 0.3) is 23.3 Å². The average molecular weight is 891 g/mol. The molecule has 0 unspecified atom stereocenters. The predicted molar refractivity (Wildman–Crippen MR) is 238 cm³/mol. The van der Waals surface area contributed by atoms with Crippen molar-refractivity contribution in [1.29, 1.82) is 0 Å². The number of hydrogen-bond donors (Lipinski definition) is 4. The predicted octanol–water partition coefficient (Wildman–Crippen LogP) is 7.00. The fraction of sp³-hybridized carbons (Fsp3) is 0. The molecule has 2 aliphatic carbocycles. The first-order valence-corrected chi connectivity index (χ1v) is 21.8. The number of ketones is 4. The number of nitrogens with one attached hydrogen (secondary N) is 2. The van der Waals surface area contributed by atoms with Crippen LogP contribution < -0.4 is 10.9 Å². The number of carbonyl (C=O) groups excluding carboxylic acids is 4. The molecule has 0 atom stereocenters. The lowest BCUT2D eigenvalue weighted by molar-refractivity contribution is 0.104. The van der Waals surface area contributed by atoms with Crippen LogP contribution in [0.1, 0.15) is 63.9 Å². The number of pyridine rings is 2. The van der Waals surface area contributed by atoms with Gasteiger partial charge >= 0.3 is 0 Å². The summed E-state index contributed by atoms with van der Waals surface area (Å²) >= 11 is 0. The fourth-order valence-corrected chi connectivity index (χ4v) is 8.22. The summed E-state index contributed by atoms with van der Waals surface area (Å²) in [6, 6.07) is 30.4. The van der Waals surface area contributed by atoms with Crippen LogP contribution in [0.15, 0.2) is 166 Å². The van der Waals surface area contributed by atoms with Crippen LogP contribution in [0.4, 0.5) is 11.4 Å². The molecule has 18 heteroatoms. The summed E-state index contributed by atoms with van der Waals surface area (Å²) in [5.74, 6) is -2.00. The minimum atomic E-state index is -4.94. The molecule has 16 nitrogen and oxygen atoms in total. The number of benzene rings is 4. The summed E-state index contributed by atoms with van der Waals surface area (Å²) in [6.07, 6.45) is 7.73. The topological polar surface area (TPSA) is 252 Å². The maximum Gasteiger partial charge on any atom is 0.295 e. The molecule has 0 spiro atoms. The van der Waals surface area contributed by atoms with Crippen LogP contribution >= 0.6 is 0 Å². The average Bonchev–Trinajstić information content (AvgIpc) is 3.30. The first kappa shape index (κ1) is 42.5. The standard InChI is InChI=1S/C46H30N6O10S2/c53-43(29-9-3-1-4-10-29)35-25-37(45(55)41-33(35)13-7-21-47-41)51-49-31-19-17-27(39(23-31)63(57,58)59)15-16-28-18-20-32(24-40(28)64(60,61)62)50-52-38-26-36(44(54)30-11-5-2-6-12-30)34-14-8-22-48-42(34)46(38)56/h1-26,49-50H,(H,57,58,59)(H,60,61,62)/b16-15+,51-37-,52-38-. The van der Waals surface area contributed by atoms with Gasteiger partial charge in [-0.15, -0.1) is 0 Å². The zero-order valence-electron chi connectivity index (χ0n) is 32.8. The Bertz CT molecular complexity index is 3120. The van der Waals surface area contributed by atoms with E-state index in [0.717, 1.165) is 12.1 Å².